The molecule has 1 aliphatic heterocycles. The zero-order chi connectivity index (χ0) is 16.3. The van der Waals surface area contributed by atoms with Crippen LogP contribution in [0, 0.1) is 11.3 Å². The molecule has 5 nitrogen and oxygen atoms in total. The van der Waals surface area contributed by atoms with Gasteiger partial charge in [0.25, 0.3) is 0 Å². The van der Waals surface area contributed by atoms with Crippen molar-refractivity contribution in [3.63, 3.8) is 0 Å². The molecule has 0 saturated carbocycles. The standard InChI is InChI=1S/C16H22ClN3O2/c1-4-22-15-8-12(7-13(17)16(15)21)14(9-18)20-6-5-19(3)11(2)10-20/h7-8,11,14,21H,4-6,10H2,1-3H3. The van der Waals surface area contributed by atoms with E-state index in [1.165, 1.54) is 0 Å². The second-order valence-electron chi connectivity index (χ2n) is 5.64. The van der Waals surface area contributed by atoms with Crippen LogP contribution in [0.2, 0.25) is 5.02 Å². The first kappa shape index (κ1) is 16.9. The third-order valence-corrected chi connectivity index (χ3v) is 4.43. The summed E-state index contributed by atoms with van der Waals surface area (Å²) in [5.74, 6) is 0.253. The zero-order valence-corrected chi connectivity index (χ0v) is 14.0. The van der Waals surface area contributed by atoms with Gasteiger partial charge in [-0.25, -0.2) is 0 Å². The minimum absolute atomic E-state index is 0.0734. The highest BCUT2D eigenvalue weighted by atomic mass is 35.5. The van der Waals surface area contributed by atoms with Gasteiger partial charge < -0.3 is 14.7 Å². The Balaban J connectivity index is 2.30. The van der Waals surface area contributed by atoms with Gasteiger partial charge in [0.15, 0.2) is 11.5 Å². The van der Waals surface area contributed by atoms with Gasteiger partial charge in [0.05, 0.1) is 17.7 Å². The summed E-state index contributed by atoms with van der Waals surface area (Å²) in [6, 6.07) is 5.71. The highest BCUT2D eigenvalue weighted by molar-refractivity contribution is 6.32. The molecule has 1 fully saturated rings. The Kier molecular flexibility index (Phi) is 5.52. The summed E-state index contributed by atoms with van der Waals surface area (Å²) in [7, 11) is 2.09. The molecule has 0 aliphatic carbocycles. The van der Waals surface area contributed by atoms with Crippen LogP contribution < -0.4 is 4.74 Å². The molecule has 1 N–H and O–H groups in total. The predicted octanol–water partition coefficient (Wildman–Crippen LogP) is 2.64. The van der Waals surface area contributed by atoms with Crippen molar-refractivity contribution in [3.05, 3.63) is 22.7 Å². The fourth-order valence-electron chi connectivity index (χ4n) is 2.70. The molecule has 1 aromatic carbocycles. The fourth-order valence-corrected chi connectivity index (χ4v) is 2.91. The van der Waals surface area contributed by atoms with E-state index in [1.54, 1.807) is 12.1 Å². The number of halogens is 1. The molecule has 22 heavy (non-hydrogen) atoms. The van der Waals surface area contributed by atoms with Crippen LogP contribution in [0.15, 0.2) is 12.1 Å². The predicted molar refractivity (Wildman–Crippen MR) is 86.3 cm³/mol. The Labute approximate surface area is 136 Å². The molecule has 2 rings (SSSR count). The number of phenolic OH excluding ortho intramolecular Hbond substituents is 1. The molecular weight excluding hydrogens is 302 g/mol. The number of likely N-dealkylation sites (N-methyl/N-ethyl adjacent to an activating group) is 1. The number of phenols is 1. The molecule has 2 atom stereocenters. The maximum atomic E-state index is 9.93. The molecule has 6 heteroatoms. The van der Waals surface area contributed by atoms with E-state index in [1.807, 2.05) is 6.92 Å². The first-order chi connectivity index (χ1) is 10.5. The van der Waals surface area contributed by atoms with Gasteiger partial charge in [0.2, 0.25) is 0 Å². The van der Waals surface area contributed by atoms with Gasteiger partial charge >= 0.3 is 0 Å². The summed E-state index contributed by atoms with van der Waals surface area (Å²) in [6.45, 7) is 6.97. The average Bonchev–Trinajstić information content (AvgIpc) is 2.49. The highest BCUT2D eigenvalue weighted by Gasteiger charge is 2.28. The number of rotatable bonds is 4. The molecule has 0 radical (unpaired) electrons. The Morgan fingerprint density at radius 3 is 2.82 bits per heavy atom. The molecule has 1 aromatic rings. The maximum Gasteiger partial charge on any atom is 0.176 e. The summed E-state index contributed by atoms with van der Waals surface area (Å²) in [5.41, 5.74) is 0.755. The lowest BCUT2D eigenvalue weighted by molar-refractivity contribution is 0.0880. The third kappa shape index (κ3) is 3.46. The Morgan fingerprint density at radius 1 is 1.50 bits per heavy atom. The molecule has 0 amide bonds. The van der Waals surface area contributed by atoms with Gasteiger partial charge in [-0.1, -0.05) is 11.6 Å². The normalized spacial score (nSPS) is 21.3. The minimum Gasteiger partial charge on any atom is -0.503 e. The third-order valence-electron chi connectivity index (χ3n) is 4.14. The summed E-state index contributed by atoms with van der Waals surface area (Å²) in [4.78, 5) is 4.42. The Bertz CT molecular complexity index is 573. The molecule has 0 bridgehead atoms. The van der Waals surface area contributed by atoms with E-state index in [-0.39, 0.29) is 10.8 Å². The second kappa shape index (κ2) is 7.19. The molecule has 1 heterocycles. The topological polar surface area (TPSA) is 59.7 Å². The van der Waals surface area contributed by atoms with Crippen LogP contribution in [-0.2, 0) is 0 Å². The van der Waals surface area contributed by atoms with Crippen LogP contribution in [-0.4, -0.2) is 54.2 Å². The van der Waals surface area contributed by atoms with Crippen molar-refractivity contribution in [2.45, 2.75) is 25.9 Å². The summed E-state index contributed by atoms with van der Waals surface area (Å²) >= 11 is 6.08. The first-order valence-electron chi connectivity index (χ1n) is 7.47. The number of piperazine rings is 1. The molecule has 0 spiro atoms. The second-order valence-corrected chi connectivity index (χ2v) is 6.05. The number of nitriles is 1. The van der Waals surface area contributed by atoms with Gasteiger partial charge in [0.1, 0.15) is 6.04 Å². The number of hydrogen-bond donors (Lipinski definition) is 1. The summed E-state index contributed by atoms with van der Waals surface area (Å²) in [6.07, 6.45) is 0. The quantitative estimate of drug-likeness (QED) is 0.923. The fraction of sp³-hybridized carbons (Fsp3) is 0.562. The lowest BCUT2D eigenvalue weighted by Gasteiger charge is -2.39. The SMILES string of the molecule is CCOc1cc(C(C#N)N2CCN(C)C(C)C2)cc(Cl)c1O. The molecular formula is C16H22ClN3O2. The van der Waals surface area contributed by atoms with Crippen molar-refractivity contribution < 1.29 is 9.84 Å². The van der Waals surface area contributed by atoms with Crippen molar-refractivity contribution in [1.82, 2.24) is 9.80 Å². The molecule has 2 unspecified atom stereocenters. The van der Waals surface area contributed by atoms with Crippen molar-refractivity contribution in [2.24, 2.45) is 0 Å². The van der Waals surface area contributed by atoms with Crippen molar-refractivity contribution in [1.29, 1.82) is 5.26 Å². The molecule has 1 saturated heterocycles. The van der Waals surface area contributed by atoms with Crippen molar-refractivity contribution in [2.75, 3.05) is 33.3 Å². The highest BCUT2D eigenvalue weighted by Crippen LogP contribution is 2.38. The van der Waals surface area contributed by atoms with E-state index in [9.17, 15) is 10.4 Å². The van der Waals surface area contributed by atoms with Crippen LogP contribution in [0.5, 0.6) is 11.5 Å². The summed E-state index contributed by atoms with van der Waals surface area (Å²) in [5, 5.41) is 19.8. The maximum absolute atomic E-state index is 9.93. The van der Waals surface area contributed by atoms with Gasteiger partial charge in [0, 0.05) is 25.7 Å². The summed E-state index contributed by atoms with van der Waals surface area (Å²) < 4.78 is 5.41. The van der Waals surface area contributed by atoms with Crippen LogP contribution in [0.1, 0.15) is 25.5 Å². The van der Waals surface area contributed by atoms with E-state index in [2.05, 4.69) is 29.8 Å². The van der Waals surface area contributed by atoms with Gasteiger partial charge in [-0.2, -0.15) is 5.26 Å². The van der Waals surface area contributed by atoms with Crippen LogP contribution in [0.3, 0.4) is 0 Å². The monoisotopic (exact) mass is 323 g/mol. The van der Waals surface area contributed by atoms with Crippen LogP contribution >= 0.6 is 11.6 Å². The lowest BCUT2D eigenvalue weighted by atomic mass is 10.0. The Morgan fingerprint density at radius 2 is 2.23 bits per heavy atom. The smallest absolute Gasteiger partial charge is 0.176 e. The van der Waals surface area contributed by atoms with E-state index in [4.69, 9.17) is 16.3 Å². The van der Waals surface area contributed by atoms with E-state index in [0.29, 0.717) is 18.4 Å². The number of hydrogen-bond acceptors (Lipinski definition) is 5. The minimum atomic E-state index is -0.395. The number of ether oxygens (including phenoxy) is 1. The Hall–Kier alpha value is -1.48. The number of benzene rings is 1. The largest absolute Gasteiger partial charge is 0.503 e. The van der Waals surface area contributed by atoms with E-state index < -0.39 is 6.04 Å². The molecule has 1 aliphatic rings. The van der Waals surface area contributed by atoms with Crippen molar-refractivity contribution >= 4 is 11.6 Å². The van der Waals surface area contributed by atoms with Crippen LogP contribution in [0.25, 0.3) is 0 Å². The number of nitrogens with zero attached hydrogens (tertiary/aromatic N) is 3. The van der Waals surface area contributed by atoms with Gasteiger partial charge in [-0.3, -0.25) is 4.90 Å². The van der Waals surface area contributed by atoms with Gasteiger partial charge in [-0.15, -0.1) is 0 Å². The lowest BCUT2D eigenvalue weighted by Crippen LogP contribution is -2.50. The zero-order valence-electron chi connectivity index (χ0n) is 13.2. The van der Waals surface area contributed by atoms with E-state index >= 15 is 0 Å². The van der Waals surface area contributed by atoms with E-state index in [0.717, 1.165) is 25.2 Å². The molecule has 0 aromatic heterocycles. The first-order valence-corrected chi connectivity index (χ1v) is 7.84. The van der Waals surface area contributed by atoms with Crippen molar-refractivity contribution in [3.8, 4) is 17.6 Å². The van der Waals surface area contributed by atoms with Crippen LogP contribution in [0.4, 0.5) is 0 Å². The molecule has 120 valence electrons. The van der Waals surface area contributed by atoms with Gasteiger partial charge in [-0.05, 0) is 38.6 Å². The average molecular weight is 324 g/mol. The number of aromatic hydroxyl groups is 1.